The molecule has 0 bridgehead atoms. The molecule has 2 unspecified atom stereocenters. The number of hydrogen-bond acceptors (Lipinski definition) is 3. The standard InChI is InChI=1S/C17H35N3O2/c1-13-8-14(2)10-20(9-13)16(3,4)11-18-15(21)19(7)12-17(5,6)22/h13-14,22H,8-12H2,1-7H3,(H,18,21). The number of rotatable bonds is 5. The van der Waals surface area contributed by atoms with Crippen LogP contribution in [0.1, 0.15) is 48.0 Å². The van der Waals surface area contributed by atoms with Crippen LogP contribution in [0.25, 0.3) is 0 Å². The molecule has 1 aliphatic heterocycles. The molecule has 5 heteroatoms. The van der Waals surface area contributed by atoms with Crippen LogP contribution in [-0.4, -0.2) is 65.3 Å². The maximum atomic E-state index is 12.2. The van der Waals surface area contributed by atoms with Gasteiger partial charge >= 0.3 is 6.03 Å². The maximum absolute atomic E-state index is 12.2. The Morgan fingerprint density at radius 3 is 2.18 bits per heavy atom. The monoisotopic (exact) mass is 313 g/mol. The van der Waals surface area contributed by atoms with Crippen molar-refractivity contribution in [3.05, 3.63) is 0 Å². The smallest absolute Gasteiger partial charge is 0.317 e. The number of likely N-dealkylation sites (N-methyl/N-ethyl adjacent to an activating group) is 1. The van der Waals surface area contributed by atoms with E-state index in [1.165, 1.54) is 11.3 Å². The molecule has 2 atom stereocenters. The molecule has 5 nitrogen and oxygen atoms in total. The Morgan fingerprint density at radius 2 is 1.73 bits per heavy atom. The van der Waals surface area contributed by atoms with E-state index in [4.69, 9.17) is 0 Å². The van der Waals surface area contributed by atoms with E-state index >= 15 is 0 Å². The lowest BCUT2D eigenvalue weighted by molar-refractivity contribution is 0.0418. The van der Waals surface area contributed by atoms with Gasteiger partial charge in [-0.3, -0.25) is 4.90 Å². The van der Waals surface area contributed by atoms with Gasteiger partial charge in [-0.15, -0.1) is 0 Å². The summed E-state index contributed by atoms with van der Waals surface area (Å²) in [6.07, 6.45) is 1.28. The molecule has 1 aliphatic rings. The molecule has 130 valence electrons. The minimum absolute atomic E-state index is 0.0613. The summed E-state index contributed by atoms with van der Waals surface area (Å²) in [7, 11) is 1.71. The predicted molar refractivity (Wildman–Crippen MR) is 90.9 cm³/mol. The second kappa shape index (κ2) is 7.18. The molecule has 0 radical (unpaired) electrons. The summed E-state index contributed by atoms with van der Waals surface area (Å²) in [6, 6.07) is -0.131. The second-order valence-electron chi connectivity index (χ2n) is 8.49. The first-order chi connectivity index (χ1) is 9.90. The van der Waals surface area contributed by atoms with Gasteiger partial charge in [-0.05, 0) is 46.0 Å². The summed E-state index contributed by atoms with van der Waals surface area (Å²) in [4.78, 5) is 16.2. The molecule has 0 aliphatic carbocycles. The Balaban J connectivity index is 2.52. The Morgan fingerprint density at radius 1 is 1.23 bits per heavy atom. The van der Waals surface area contributed by atoms with Crippen LogP contribution < -0.4 is 5.32 Å². The highest BCUT2D eigenvalue weighted by molar-refractivity contribution is 5.74. The van der Waals surface area contributed by atoms with E-state index in [0.29, 0.717) is 24.9 Å². The third-order valence-corrected chi connectivity index (χ3v) is 4.37. The zero-order chi connectivity index (χ0) is 17.1. The van der Waals surface area contributed by atoms with Crippen molar-refractivity contribution in [2.45, 2.75) is 59.1 Å². The molecule has 1 rings (SSSR count). The zero-order valence-corrected chi connectivity index (χ0v) is 15.4. The summed E-state index contributed by atoms with van der Waals surface area (Å²) >= 11 is 0. The first-order valence-electron chi connectivity index (χ1n) is 8.37. The number of aliphatic hydroxyl groups is 1. The molecule has 1 fully saturated rings. The SMILES string of the molecule is CC1CC(C)CN(C(C)(C)CNC(=O)N(C)CC(C)(C)O)C1. The number of hydrogen-bond donors (Lipinski definition) is 2. The highest BCUT2D eigenvalue weighted by Crippen LogP contribution is 2.26. The Bertz CT molecular complexity index is 367. The molecule has 0 aromatic carbocycles. The average Bonchev–Trinajstić information content (AvgIpc) is 2.32. The van der Waals surface area contributed by atoms with E-state index in [2.05, 4.69) is 37.9 Å². The number of urea groups is 1. The predicted octanol–water partition coefficient (Wildman–Crippen LogP) is 2.16. The number of carbonyl (C=O) groups excluding carboxylic acids is 1. The maximum Gasteiger partial charge on any atom is 0.317 e. The van der Waals surface area contributed by atoms with Gasteiger partial charge in [-0.2, -0.15) is 0 Å². The number of nitrogens with zero attached hydrogens (tertiary/aromatic N) is 2. The number of amides is 2. The van der Waals surface area contributed by atoms with Crippen LogP contribution in [0.2, 0.25) is 0 Å². The molecule has 22 heavy (non-hydrogen) atoms. The van der Waals surface area contributed by atoms with Gasteiger partial charge in [0.2, 0.25) is 0 Å². The fraction of sp³-hybridized carbons (Fsp3) is 0.941. The third-order valence-electron chi connectivity index (χ3n) is 4.37. The lowest BCUT2D eigenvalue weighted by atomic mass is 9.88. The van der Waals surface area contributed by atoms with Crippen molar-refractivity contribution in [2.75, 3.05) is 33.2 Å². The normalized spacial score (nSPS) is 24.2. The summed E-state index contributed by atoms with van der Waals surface area (Å²) in [5.74, 6) is 1.41. The summed E-state index contributed by atoms with van der Waals surface area (Å²) in [5, 5.41) is 12.8. The van der Waals surface area contributed by atoms with Gasteiger partial charge in [-0.1, -0.05) is 13.8 Å². The largest absolute Gasteiger partial charge is 0.389 e. The molecule has 1 heterocycles. The Labute approximate surface area is 136 Å². The number of carbonyl (C=O) groups is 1. The van der Waals surface area contributed by atoms with Crippen molar-refractivity contribution in [3.63, 3.8) is 0 Å². The fourth-order valence-electron chi connectivity index (χ4n) is 3.35. The molecular formula is C17H35N3O2. The van der Waals surface area contributed by atoms with Crippen LogP contribution in [0, 0.1) is 11.8 Å². The quantitative estimate of drug-likeness (QED) is 0.818. The van der Waals surface area contributed by atoms with Crippen LogP contribution in [0.5, 0.6) is 0 Å². The Kier molecular flexibility index (Phi) is 6.27. The highest BCUT2D eigenvalue weighted by Gasteiger charge is 2.33. The van der Waals surface area contributed by atoms with Crippen molar-refractivity contribution >= 4 is 6.03 Å². The van der Waals surface area contributed by atoms with Gasteiger partial charge in [0, 0.05) is 32.2 Å². The van der Waals surface area contributed by atoms with Crippen LogP contribution in [0.4, 0.5) is 4.79 Å². The Hall–Kier alpha value is -0.810. The number of likely N-dealkylation sites (tertiary alicyclic amines) is 1. The third kappa shape index (κ3) is 6.13. The van der Waals surface area contributed by atoms with Gasteiger partial charge in [0.15, 0.2) is 0 Å². The van der Waals surface area contributed by atoms with Crippen LogP contribution in [0.3, 0.4) is 0 Å². The van der Waals surface area contributed by atoms with Crippen LogP contribution >= 0.6 is 0 Å². The lowest BCUT2D eigenvalue weighted by Crippen LogP contribution is -2.57. The summed E-state index contributed by atoms with van der Waals surface area (Å²) in [5.41, 5.74) is -0.937. The van der Waals surface area contributed by atoms with Gasteiger partial charge in [0.1, 0.15) is 0 Å². The highest BCUT2D eigenvalue weighted by atomic mass is 16.3. The molecular weight excluding hydrogens is 278 g/mol. The fourth-order valence-corrected chi connectivity index (χ4v) is 3.35. The topological polar surface area (TPSA) is 55.8 Å². The molecule has 0 spiro atoms. The van der Waals surface area contributed by atoms with Gasteiger partial charge < -0.3 is 15.3 Å². The first kappa shape index (κ1) is 19.2. The minimum Gasteiger partial charge on any atom is -0.389 e. The van der Waals surface area contributed by atoms with Crippen molar-refractivity contribution in [1.29, 1.82) is 0 Å². The van der Waals surface area contributed by atoms with Crippen molar-refractivity contribution in [3.8, 4) is 0 Å². The van der Waals surface area contributed by atoms with Gasteiger partial charge in [0.25, 0.3) is 0 Å². The molecule has 0 aromatic heterocycles. The van der Waals surface area contributed by atoms with Crippen molar-refractivity contribution in [1.82, 2.24) is 15.1 Å². The van der Waals surface area contributed by atoms with E-state index in [0.717, 1.165) is 13.1 Å². The van der Waals surface area contributed by atoms with Gasteiger partial charge in [0.05, 0.1) is 12.1 Å². The van der Waals surface area contributed by atoms with E-state index < -0.39 is 5.60 Å². The van der Waals surface area contributed by atoms with Crippen molar-refractivity contribution in [2.24, 2.45) is 11.8 Å². The number of piperidine rings is 1. The van der Waals surface area contributed by atoms with Crippen LogP contribution in [0.15, 0.2) is 0 Å². The van der Waals surface area contributed by atoms with Crippen LogP contribution in [-0.2, 0) is 0 Å². The van der Waals surface area contributed by atoms with Gasteiger partial charge in [-0.25, -0.2) is 4.79 Å². The second-order valence-corrected chi connectivity index (χ2v) is 8.49. The molecule has 0 aromatic rings. The molecule has 1 saturated heterocycles. The zero-order valence-electron chi connectivity index (χ0n) is 15.4. The van der Waals surface area contributed by atoms with E-state index in [1.54, 1.807) is 20.9 Å². The molecule has 2 N–H and O–H groups in total. The van der Waals surface area contributed by atoms with E-state index in [-0.39, 0.29) is 11.6 Å². The average molecular weight is 313 g/mol. The first-order valence-corrected chi connectivity index (χ1v) is 8.37. The lowest BCUT2D eigenvalue weighted by Gasteiger charge is -2.45. The summed E-state index contributed by atoms with van der Waals surface area (Å²) < 4.78 is 0. The molecule has 0 saturated carbocycles. The van der Waals surface area contributed by atoms with Crippen molar-refractivity contribution < 1.29 is 9.90 Å². The molecule has 2 amide bonds. The number of nitrogens with one attached hydrogen (secondary N) is 1. The van der Waals surface area contributed by atoms with E-state index in [9.17, 15) is 9.90 Å². The minimum atomic E-state index is -0.876. The van der Waals surface area contributed by atoms with E-state index in [1.807, 2.05) is 0 Å². The summed E-state index contributed by atoms with van der Waals surface area (Å²) in [6.45, 7) is 15.5.